The molecule has 0 spiro atoms. The summed E-state index contributed by atoms with van der Waals surface area (Å²) in [6.45, 7) is 20.1. The van der Waals surface area contributed by atoms with E-state index < -0.39 is 0 Å². The van der Waals surface area contributed by atoms with Crippen LogP contribution in [0.4, 0.5) is 0 Å². The third-order valence-electron chi connectivity index (χ3n) is 4.55. The molecule has 0 aromatic heterocycles. The number of aromatic hydroxyl groups is 1. The Morgan fingerprint density at radius 1 is 0.955 bits per heavy atom. The van der Waals surface area contributed by atoms with Crippen LogP contribution >= 0.6 is 11.8 Å². The van der Waals surface area contributed by atoms with Gasteiger partial charge in [0.15, 0.2) is 0 Å². The molecule has 1 unspecified atom stereocenters. The smallest absolute Gasteiger partial charge is 0.123 e. The van der Waals surface area contributed by atoms with E-state index in [1.54, 1.807) is 0 Å². The molecule has 1 atom stereocenters. The number of fused-ring (bicyclic) bond motifs is 1. The summed E-state index contributed by atoms with van der Waals surface area (Å²) in [5.74, 6) is 0.522. The van der Waals surface area contributed by atoms with Crippen molar-refractivity contribution in [2.45, 2.75) is 89.7 Å². The molecule has 0 amide bonds. The normalized spacial score (nSPS) is 19.4. The number of phenols is 1. The Bertz CT molecular complexity index is 580. The van der Waals surface area contributed by atoms with Crippen LogP contribution in [-0.4, -0.2) is 10.4 Å². The predicted octanol–water partition coefficient (Wildman–Crippen LogP) is 6.05. The number of phenolic OH excluding ortho intramolecular Hbond substituents is 1. The van der Waals surface area contributed by atoms with Crippen molar-refractivity contribution in [2.24, 2.45) is 5.41 Å². The summed E-state index contributed by atoms with van der Waals surface area (Å²) in [6, 6.07) is 2.25. The Balaban J connectivity index is 2.68. The summed E-state index contributed by atoms with van der Waals surface area (Å²) in [5, 5.41) is 11.6. The van der Waals surface area contributed by atoms with Gasteiger partial charge in [-0.15, -0.1) is 11.8 Å². The van der Waals surface area contributed by atoms with Crippen LogP contribution in [0.3, 0.4) is 0 Å². The second kappa shape index (κ2) is 5.19. The highest BCUT2D eigenvalue weighted by atomic mass is 32.2. The fraction of sp³-hybridized carbons (Fsp3) is 0.700. The molecule has 2 heteroatoms. The Kier molecular flexibility index (Phi) is 4.18. The van der Waals surface area contributed by atoms with Crippen molar-refractivity contribution in [3.05, 3.63) is 22.8 Å². The van der Waals surface area contributed by atoms with Gasteiger partial charge in [-0.25, -0.2) is 0 Å². The quantitative estimate of drug-likeness (QED) is 0.628. The second-order valence-corrected chi connectivity index (χ2v) is 11.0. The summed E-state index contributed by atoms with van der Waals surface area (Å²) in [7, 11) is 0. The van der Waals surface area contributed by atoms with Gasteiger partial charge >= 0.3 is 0 Å². The zero-order chi connectivity index (χ0) is 17.1. The molecule has 1 aromatic carbocycles. The molecule has 1 aliphatic heterocycles. The van der Waals surface area contributed by atoms with E-state index in [0.717, 1.165) is 17.5 Å². The Hall–Kier alpha value is -0.630. The van der Waals surface area contributed by atoms with Gasteiger partial charge in [0, 0.05) is 21.3 Å². The molecule has 0 saturated heterocycles. The first kappa shape index (κ1) is 17.7. The fourth-order valence-corrected chi connectivity index (χ4v) is 4.66. The van der Waals surface area contributed by atoms with Gasteiger partial charge < -0.3 is 5.11 Å². The Morgan fingerprint density at radius 2 is 1.50 bits per heavy atom. The molecule has 124 valence electrons. The van der Waals surface area contributed by atoms with Crippen LogP contribution in [0.15, 0.2) is 11.0 Å². The lowest BCUT2D eigenvalue weighted by molar-refractivity contribution is 0.390. The highest BCUT2D eigenvalue weighted by Crippen LogP contribution is 2.52. The number of hydrogen-bond acceptors (Lipinski definition) is 2. The lowest BCUT2D eigenvalue weighted by Gasteiger charge is -2.29. The predicted molar refractivity (Wildman–Crippen MR) is 98.3 cm³/mol. The highest BCUT2D eigenvalue weighted by molar-refractivity contribution is 8.00. The largest absolute Gasteiger partial charge is 0.507 e. The number of benzene rings is 1. The minimum Gasteiger partial charge on any atom is -0.507 e. The van der Waals surface area contributed by atoms with E-state index in [9.17, 15) is 5.11 Å². The maximum atomic E-state index is 11.0. The molecule has 1 aliphatic rings. The third kappa shape index (κ3) is 3.18. The van der Waals surface area contributed by atoms with Gasteiger partial charge in [0.2, 0.25) is 0 Å². The van der Waals surface area contributed by atoms with Crippen LogP contribution in [0.1, 0.15) is 79.0 Å². The summed E-state index contributed by atoms with van der Waals surface area (Å²) in [5.41, 5.74) is 3.81. The summed E-state index contributed by atoms with van der Waals surface area (Å²) < 4.78 is 0. The van der Waals surface area contributed by atoms with Crippen molar-refractivity contribution < 1.29 is 5.11 Å². The summed E-state index contributed by atoms with van der Waals surface area (Å²) in [4.78, 5) is 1.38. The average Bonchev–Trinajstić information content (AvgIpc) is 2.67. The molecule has 1 nitrogen and oxygen atoms in total. The zero-order valence-electron chi connectivity index (χ0n) is 15.7. The molecule has 0 radical (unpaired) electrons. The van der Waals surface area contributed by atoms with Gasteiger partial charge in [-0.2, -0.15) is 0 Å². The van der Waals surface area contributed by atoms with Crippen molar-refractivity contribution in [1.29, 1.82) is 0 Å². The van der Waals surface area contributed by atoms with Gasteiger partial charge in [-0.1, -0.05) is 62.3 Å². The minimum absolute atomic E-state index is 0.0389. The van der Waals surface area contributed by atoms with Crippen LogP contribution in [0, 0.1) is 5.41 Å². The van der Waals surface area contributed by atoms with Crippen LogP contribution in [-0.2, 0) is 17.3 Å². The fourth-order valence-electron chi connectivity index (χ4n) is 3.24. The Morgan fingerprint density at radius 3 is 1.91 bits per heavy atom. The number of rotatable bonds is 0. The van der Waals surface area contributed by atoms with Crippen molar-refractivity contribution >= 4 is 11.8 Å². The molecule has 0 saturated carbocycles. The molecule has 1 aromatic rings. The van der Waals surface area contributed by atoms with Crippen molar-refractivity contribution in [2.75, 3.05) is 0 Å². The van der Waals surface area contributed by atoms with Crippen LogP contribution in [0.2, 0.25) is 0 Å². The molecule has 0 fully saturated rings. The first-order valence-electron chi connectivity index (χ1n) is 8.29. The van der Waals surface area contributed by atoms with Crippen LogP contribution in [0.25, 0.3) is 0 Å². The molecule has 1 N–H and O–H groups in total. The Labute approximate surface area is 140 Å². The monoisotopic (exact) mass is 320 g/mol. The van der Waals surface area contributed by atoms with Crippen LogP contribution < -0.4 is 0 Å². The van der Waals surface area contributed by atoms with E-state index in [4.69, 9.17) is 0 Å². The van der Waals surface area contributed by atoms with E-state index in [0.29, 0.717) is 11.0 Å². The first-order valence-corrected chi connectivity index (χ1v) is 9.17. The highest BCUT2D eigenvalue weighted by Gasteiger charge is 2.38. The van der Waals surface area contributed by atoms with E-state index >= 15 is 0 Å². The van der Waals surface area contributed by atoms with Crippen molar-refractivity contribution in [1.82, 2.24) is 0 Å². The minimum atomic E-state index is -0.0422. The van der Waals surface area contributed by atoms with Gasteiger partial charge in [-0.05, 0) is 34.3 Å². The standard InChI is InChI=1S/C20H32OS/c1-18(2,3)13-11-14-12(10-15(22-14)19(4,5)6)16(17(13)21)20(7,8)9/h11,15,21H,10H2,1-9H3. The molecule has 0 bridgehead atoms. The molecule has 22 heavy (non-hydrogen) atoms. The van der Waals surface area contributed by atoms with E-state index in [1.807, 2.05) is 11.8 Å². The second-order valence-electron chi connectivity index (χ2n) is 9.80. The maximum absolute atomic E-state index is 11.0. The van der Waals surface area contributed by atoms with E-state index in [-0.39, 0.29) is 16.2 Å². The molecule has 1 heterocycles. The maximum Gasteiger partial charge on any atom is 0.123 e. The SMILES string of the molecule is CC(C)(C)c1cc2c(c(C(C)(C)C)c1O)CC(C(C)(C)C)S2. The summed E-state index contributed by atoms with van der Waals surface area (Å²) in [6.07, 6.45) is 1.06. The summed E-state index contributed by atoms with van der Waals surface area (Å²) >= 11 is 2.00. The average molecular weight is 321 g/mol. The van der Waals surface area contributed by atoms with Gasteiger partial charge in [0.25, 0.3) is 0 Å². The van der Waals surface area contributed by atoms with Gasteiger partial charge in [0.05, 0.1) is 0 Å². The van der Waals surface area contributed by atoms with Crippen molar-refractivity contribution in [3.63, 3.8) is 0 Å². The third-order valence-corrected chi connectivity index (χ3v) is 6.33. The van der Waals surface area contributed by atoms with Gasteiger partial charge in [0.1, 0.15) is 5.75 Å². The van der Waals surface area contributed by atoms with E-state index in [2.05, 4.69) is 68.4 Å². The number of thioether (sulfide) groups is 1. The lowest BCUT2D eigenvalue weighted by Crippen LogP contribution is -2.23. The lowest BCUT2D eigenvalue weighted by atomic mass is 9.75. The molecular weight excluding hydrogens is 288 g/mol. The number of hydrogen-bond donors (Lipinski definition) is 1. The van der Waals surface area contributed by atoms with Crippen LogP contribution in [0.5, 0.6) is 5.75 Å². The van der Waals surface area contributed by atoms with Crippen molar-refractivity contribution in [3.8, 4) is 5.75 Å². The first-order chi connectivity index (χ1) is 9.73. The topological polar surface area (TPSA) is 20.2 Å². The van der Waals surface area contributed by atoms with Gasteiger partial charge in [-0.3, -0.25) is 0 Å². The molecular formula is C20H32OS. The molecule has 0 aliphatic carbocycles. The van der Waals surface area contributed by atoms with E-state index in [1.165, 1.54) is 10.5 Å². The zero-order valence-corrected chi connectivity index (χ0v) is 16.5. The molecule has 2 rings (SSSR count).